The molecular formula is C11H9F2N5O2S. The molecule has 1 aromatic heterocycles. The Kier molecular flexibility index (Phi) is 4.58. The van der Waals surface area contributed by atoms with Gasteiger partial charge >= 0.3 is 0 Å². The SMILES string of the molecule is CSc1nnc(C(F)F)n1/N=C\c1cccc([N+](=O)[O-])c1. The lowest BCUT2D eigenvalue weighted by Gasteiger charge is -2.01. The Hall–Kier alpha value is -2.36. The van der Waals surface area contributed by atoms with E-state index in [9.17, 15) is 18.9 Å². The van der Waals surface area contributed by atoms with Gasteiger partial charge in [0.25, 0.3) is 12.1 Å². The molecular weight excluding hydrogens is 304 g/mol. The Morgan fingerprint density at radius 1 is 1.48 bits per heavy atom. The molecule has 7 nitrogen and oxygen atoms in total. The molecule has 0 N–H and O–H groups in total. The molecule has 0 aliphatic carbocycles. The van der Waals surface area contributed by atoms with Crippen LogP contribution in [0.4, 0.5) is 14.5 Å². The first-order valence-electron chi connectivity index (χ1n) is 5.59. The lowest BCUT2D eigenvalue weighted by atomic mass is 10.2. The fourth-order valence-corrected chi connectivity index (χ4v) is 1.93. The molecule has 1 aromatic carbocycles. The minimum Gasteiger partial charge on any atom is -0.258 e. The van der Waals surface area contributed by atoms with Gasteiger partial charge in [-0.05, 0) is 6.26 Å². The molecule has 0 atom stereocenters. The summed E-state index contributed by atoms with van der Waals surface area (Å²) in [5.41, 5.74) is 0.298. The minimum absolute atomic E-state index is 0.109. The average Bonchev–Trinajstić information content (AvgIpc) is 2.88. The number of alkyl halides is 2. The fourth-order valence-electron chi connectivity index (χ4n) is 1.49. The van der Waals surface area contributed by atoms with Crippen LogP contribution in [0.15, 0.2) is 34.5 Å². The number of thioether (sulfide) groups is 1. The van der Waals surface area contributed by atoms with Gasteiger partial charge in [-0.15, -0.1) is 10.2 Å². The van der Waals surface area contributed by atoms with Gasteiger partial charge in [-0.3, -0.25) is 10.1 Å². The Bertz CT molecular complexity index is 689. The first kappa shape index (κ1) is 15.0. The van der Waals surface area contributed by atoms with Crippen LogP contribution < -0.4 is 0 Å². The van der Waals surface area contributed by atoms with Crippen molar-refractivity contribution in [2.45, 2.75) is 11.6 Å². The molecule has 10 heteroatoms. The van der Waals surface area contributed by atoms with Crippen LogP contribution in [-0.2, 0) is 0 Å². The van der Waals surface area contributed by atoms with E-state index in [1.807, 2.05) is 0 Å². The van der Waals surface area contributed by atoms with Gasteiger partial charge in [-0.1, -0.05) is 23.9 Å². The smallest absolute Gasteiger partial charge is 0.258 e. The van der Waals surface area contributed by atoms with Crippen LogP contribution in [-0.4, -0.2) is 32.3 Å². The van der Waals surface area contributed by atoms with Crippen LogP contribution in [0.25, 0.3) is 0 Å². The minimum atomic E-state index is -2.82. The molecule has 0 saturated carbocycles. The molecule has 0 bridgehead atoms. The van der Waals surface area contributed by atoms with E-state index in [1.54, 1.807) is 12.3 Å². The van der Waals surface area contributed by atoms with E-state index in [0.29, 0.717) is 5.56 Å². The first-order valence-corrected chi connectivity index (χ1v) is 6.81. The third-order valence-electron chi connectivity index (χ3n) is 2.42. The van der Waals surface area contributed by atoms with E-state index < -0.39 is 17.2 Å². The summed E-state index contributed by atoms with van der Waals surface area (Å²) in [5.74, 6) is -0.582. The lowest BCUT2D eigenvalue weighted by Crippen LogP contribution is -2.00. The van der Waals surface area contributed by atoms with Gasteiger partial charge in [0, 0.05) is 17.7 Å². The molecule has 0 spiro atoms. The average molecular weight is 313 g/mol. The third kappa shape index (κ3) is 3.40. The fraction of sp³-hybridized carbons (Fsp3) is 0.182. The summed E-state index contributed by atoms with van der Waals surface area (Å²) in [4.78, 5) is 10.1. The quantitative estimate of drug-likeness (QED) is 0.366. The van der Waals surface area contributed by atoms with Crippen molar-refractivity contribution in [3.63, 3.8) is 0 Å². The second-order valence-corrected chi connectivity index (χ2v) is 4.53. The summed E-state index contributed by atoms with van der Waals surface area (Å²) in [7, 11) is 0. The van der Waals surface area contributed by atoms with Gasteiger partial charge in [0.1, 0.15) is 0 Å². The van der Waals surface area contributed by atoms with Crippen LogP contribution in [0.1, 0.15) is 17.8 Å². The predicted molar refractivity (Wildman–Crippen MR) is 72.8 cm³/mol. The van der Waals surface area contributed by atoms with E-state index in [1.165, 1.54) is 24.4 Å². The number of hydrogen-bond donors (Lipinski definition) is 0. The molecule has 2 rings (SSSR count). The summed E-state index contributed by atoms with van der Waals surface area (Å²) in [5, 5.41) is 21.7. The number of nitro benzene ring substituents is 1. The number of hydrogen-bond acceptors (Lipinski definition) is 6. The summed E-state index contributed by atoms with van der Waals surface area (Å²) in [6, 6.07) is 5.67. The summed E-state index contributed by atoms with van der Waals surface area (Å²) >= 11 is 1.11. The van der Waals surface area contributed by atoms with Gasteiger partial charge in [0.05, 0.1) is 11.1 Å². The predicted octanol–water partition coefficient (Wildman–Crippen LogP) is 2.73. The molecule has 21 heavy (non-hydrogen) atoms. The van der Waals surface area contributed by atoms with Crippen molar-refractivity contribution in [1.82, 2.24) is 14.9 Å². The summed E-state index contributed by atoms with van der Waals surface area (Å²) in [6.07, 6.45) is 0.0707. The van der Waals surface area contributed by atoms with Crippen LogP contribution in [0.3, 0.4) is 0 Å². The molecule has 1 heterocycles. The number of aromatic nitrogens is 3. The number of nitro groups is 1. The Labute approximate surface area is 121 Å². The number of non-ortho nitro benzene ring substituents is 1. The van der Waals surface area contributed by atoms with E-state index in [4.69, 9.17) is 0 Å². The normalized spacial score (nSPS) is 11.4. The third-order valence-corrected chi connectivity index (χ3v) is 3.04. The van der Waals surface area contributed by atoms with Gasteiger partial charge in [0.15, 0.2) is 0 Å². The van der Waals surface area contributed by atoms with Gasteiger partial charge in [-0.25, -0.2) is 8.78 Å². The summed E-state index contributed by atoms with van der Waals surface area (Å²) < 4.78 is 26.5. The highest BCUT2D eigenvalue weighted by Crippen LogP contribution is 2.21. The lowest BCUT2D eigenvalue weighted by molar-refractivity contribution is -0.384. The molecule has 0 fully saturated rings. The van der Waals surface area contributed by atoms with E-state index in [2.05, 4.69) is 15.3 Å². The van der Waals surface area contributed by atoms with Crippen LogP contribution >= 0.6 is 11.8 Å². The Morgan fingerprint density at radius 3 is 2.86 bits per heavy atom. The highest BCUT2D eigenvalue weighted by atomic mass is 32.2. The van der Waals surface area contributed by atoms with Crippen molar-refractivity contribution in [3.05, 3.63) is 45.8 Å². The zero-order valence-corrected chi connectivity index (χ0v) is 11.5. The standard InChI is InChI=1S/C11H9F2N5O2S/c1-21-11-16-15-10(9(12)13)17(11)14-6-7-3-2-4-8(5-7)18(19)20/h2-6,9H,1H3/b14-6-. The van der Waals surface area contributed by atoms with Gasteiger partial charge in [0.2, 0.25) is 11.0 Å². The second kappa shape index (κ2) is 6.39. The topological polar surface area (TPSA) is 86.2 Å². The molecule has 0 aliphatic rings. The first-order chi connectivity index (χ1) is 10.0. The number of halogens is 2. The van der Waals surface area contributed by atoms with Crippen molar-refractivity contribution in [3.8, 4) is 0 Å². The van der Waals surface area contributed by atoms with Crippen molar-refractivity contribution in [2.75, 3.05) is 6.26 Å². The van der Waals surface area contributed by atoms with Crippen LogP contribution in [0.2, 0.25) is 0 Å². The molecule has 2 aromatic rings. The molecule has 0 radical (unpaired) electrons. The Morgan fingerprint density at radius 2 is 2.24 bits per heavy atom. The van der Waals surface area contributed by atoms with Gasteiger partial charge in [-0.2, -0.15) is 9.78 Å². The number of rotatable bonds is 5. The maximum absolute atomic E-state index is 12.8. The summed E-state index contributed by atoms with van der Waals surface area (Å²) in [6.45, 7) is 0. The maximum Gasteiger partial charge on any atom is 0.299 e. The monoisotopic (exact) mass is 313 g/mol. The second-order valence-electron chi connectivity index (χ2n) is 3.75. The van der Waals surface area contributed by atoms with Crippen molar-refractivity contribution in [1.29, 1.82) is 0 Å². The van der Waals surface area contributed by atoms with E-state index in [-0.39, 0.29) is 10.8 Å². The number of benzene rings is 1. The van der Waals surface area contributed by atoms with Crippen LogP contribution in [0, 0.1) is 10.1 Å². The highest BCUT2D eigenvalue weighted by molar-refractivity contribution is 7.98. The zero-order chi connectivity index (χ0) is 15.4. The van der Waals surface area contributed by atoms with Crippen LogP contribution in [0.5, 0.6) is 0 Å². The molecule has 110 valence electrons. The molecule has 0 unspecified atom stereocenters. The molecule has 0 aliphatic heterocycles. The highest BCUT2D eigenvalue weighted by Gasteiger charge is 2.19. The van der Waals surface area contributed by atoms with E-state index >= 15 is 0 Å². The van der Waals surface area contributed by atoms with Crippen molar-refractivity contribution in [2.24, 2.45) is 5.10 Å². The largest absolute Gasteiger partial charge is 0.299 e. The van der Waals surface area contributed by atoms with Gasteiger partial charge < -0.3 is 0 Å². The van der Waals surface area contributed by atoms with E-state index in [0.717, 1.165) is 16.4 Å². The Balaban J connectivity index is 2.35. The molecule has 0 amide bonds. The maximum atomic E-state index is 12.8. The number of nitrogens with zero attached hydrogens (tertiary/aromatic N) is 5. The zero-order valence-electron chi connectivity index (χ0n) is 10.7. The van der Waals surface area contributed by atoms with Crippen molar-refractivity contribution >= 4 is 23.7 Å². The van der Waals surface area contributed by atoms with Crippen molar-refractivity contribution < 1.29 is 13.7 Å². The molecule has 0 saturated heterocycles.